The topological polar surface area (TPSA) is 50.4 Å². The predicted octanol–water partition coefficient (Wildman–Crippen LogP) is 0.197. The van der Waals surface area contributed by atoms with Gasteiger partial charge in [-0.15, -0.1) is 0 Å². The van der Waals surface area contributed by atoms with Crippen LogP contribution >= 0.6 is 0 Å². The summed E-state index contributed by atoms with van der Waals surface area (Å²) < 4.78 is 0. The lowest BCUT2D eigenvalue weighted by atomic mass is 10.1. The molecule has 1 heterocycles. The Morgan fingerprint density at radius 1 is 1.78 bits per heavy atom. The highest BCUT2D eigenvalue weighted by atomic mass is 15.0. The van der Waals surface area contributed by atoms with Gasteiger partial charge in [-0.25, -0.2) is 4.99 Å². The van der Waals surface area contributed by atoms with Gasteiger partial charge in [0.1, 0.15) is 5.82 Å². The van der Waals surface area contributed by atoms with E-state index < -0.39 is 0 Å². The van der Waals surface area contributed by atoms with E-state index in [4.69, 9.17) is 5.73 Å². The van der Waals surface area contributed by atoms with Crippen LogP contribution in [0.25, 0.3) is 0 Å². The third-order valence-electron chi connectivity index (χ3n) is 1.58. The van der Waals surface area contributed by atoms with Crippen molar-refractivity contribution in [1.82, 2.24) is 5.32 Å². The van der Waals surface area contributed by atoms with Gasteiger partial charge in [-0.05, 0) is 19.4 Å². The van der Waals surface area contributed by atoms with Gasteiger partial charge in [0.25, 0.3) is 0 Å². The maximum Gasteiger partial charge on any atom is 0.126 e. The molecule has 0 aromatic carbocycles. The Labute approximate surface area is 54.7 Å². The molecule has 3 heteroatoms. The van der Waals surface area contributed by atoms with Gasteiger partial charge in [-0.3, -0.25) is 0 Å². The molecule has 0 saturated heterocycles. The molecule has 0 aromatic rings. The average Bonchev–Trinajstić information content (AvgIpc) is 1.83. The Balaban J connectivity index is 2.83. The molecule has 3 nitrogen and oxygen atoms in total. The highest BCUT2D eigenvalue weighted by Crippen LogP contribution is 2.06. The third-order valence-corrected chi connectivity index (χ3v) is 1.58. The number of nitrogens with zero attached hydrogens (tertiary/aromatic N) is 1. The van der Waals surface area contributed by atoms with E-state index in [1.165, 1.54) is 0 Å². The van der Waals surface area contributed by atoms with E-state index in [-0.39, 0.29) is 0 Å². The van der Waals surface area contributed by atoms with E-state index >= 15 is 0 Å². The molecule has 1 atom stereocenters. The summed E-state index contributed by atoms with van der Waals surface area (Å²) in [5, 5.41) is 3.03. The zero-order valence-corrected chi connectivity index (χ0v) is 5.68. The van der Waals surface area contributed by atoms with Gasteiger partial charge >= 0.3 is 0 Å². The van der Waals surface area contributed by atoms with Crippen molar-refractivity contribution in [2.45, 2.75) is 19.9 Å². The lowest BCUT2D eigenvalue weighted by Crippen LogP contribution is -2.30. The summed E-state index contributed by atoms with van der Waals surface area (Å²) in [4.78, 5) is 3.88. The fraction of sp³-hybridized carbons (Fsp3) is 0.500. The molecule has 0 aromatic heterocycles. The third kappa shape index (κ3) is 1.04. The molecule has 1 aliphatic heterocycles. The van der Waals surface area contributed by atoms with Crippen molar-refractivity contribution < 1.29 is 0 Å². The SMILES string of the molecule is CC1=C(N)N=CNC1C. The Hall–Kier alpha value is -0.990. The second-order valence-corrected chi connectivity index (χ2v) is 2.21. The van der Waals surface area contributed by atoms with Crippen molar-refractivity contribution in [2.75, 3.05) is 0 Å². The number of rotatable bonds is 0. The van der Waals surface area contributed by atoms with Crippen LogP contribution in [0, 0.1) is 0 Å². The van der Waals surface area contributed by atoms with Crippen LogP contribution in [0.3, 0.4) is 0 Å². The molecule has 0 fully saturated rings. The first kappa shape index (κ1) is 6.13. The molecule has 1 unspecified atom stereocenters. The average molecular weight is 125 g/mol. The van der Waals surface area contributed by atoms with Crippen molar-refractivity contribution in [3.05, 3.63) is 11.4 Å². The first-order chi connectivity index (χ1) is 4.22. The van der Waals surface area contributed by atoms with Gasteiger partial charge in [-0.1, -0.05) is 0 Å². The molecule has 3 N–H and O–H groups in total. The van der Waals surface area contributed by atoms with E-state index in [0.29, 0.717) is 11.9 Å². The van der Waals surface area contributed by atoms with Crippen molar-refractivity contribution >= 4 is 6.34 Å². The number of aliphatic imine (C=N–C) groups is 1. The predicted molar refractivity (Wildman–Crippen MR) is 38.0 cm³/mol. The van der Waals surface area contributed by atoms with Crippen molar-refractivity contribution in [1.29, 1.82) is 0 Å². The minimum Gasteiger partial charge on any atom is -0.384 e. The summed E-state index contributed by atoms with van der Waals surface area (Å²) in [7, 11) is 0. The van der Waals surface area contributed by atoms with Gasteiger partial charge in [0.05, 0.1) is 6.34 Å². The smallest absolute Gasteiger partial charge is 0.126 e. The molecular formula is C6H11N3. The van der Waals surface area contributed by atoms with Gasteiger partial charge < -0.3 is 11.1 Å². The zero-order valence-electron chi connectivity index (χ0n) is 5.68. The maximum atomic E-state index is 5.51. The summed E-state index contributed by atoms with van der Waals surface area (Å²) >= 11 is 0. The number of nitrogens with two attached hydrogens (primary N) is 1. The van der Waals surface area contributed by atoms with Crippen LogP contribution in [0.1, 0.15) is 13.8 Å². The van der Waals surface area contributed by atoms with Crippen LogP contribution < -0.4 is 11.1 Å². The highest BCUT2D eigenvalue weighted by molar-refractivity contribution is 5.59. The Kier molecular flexibility index (Phi) is 1.42. The molecule has 9 heavy (non-hydrogen) atoms. The number of nitrogens with one attached hydrogen (secondary N) is 1. The standard InChI is InChI=1S/C6H11N3/c1-4-5(2)8-3-9-6(4)7/h3,5H,7H2,1-2H3,(H,8,9). The van der Waals surface area contributed by atoms with Crippen molar-refractivity contribution in [3.8, 4) is 0 Å². The van der Waals surface area contributed by atoms with Crippen molar-refractivity contribution in [2.24, 2.45) is 10.7 Å². The second-order valence-electron chi connectivity index (χ2n) is 2.21. The molecule has 0 spiro atoms. The lowest BCUT2D eigenvalue weighted by molar-refractivity contribution is 0.737. The van der Waals surface area contributed by atoms with Gasteiger partial charge in [0, 0.05) is 6.04 Å². The highest BCUT2D eigenvalue weighted by Gasteiger charge is 2.08. The second kappa shape index (κ2) is 2.09. The quantitative estimate of drug-likeness (QED) is 0.485. The maximum absolute atomic E-state index is 5.51. The zero-order chi connectivity index (χ0) is 6.85. The van der Waals surface area contributed by atoms with E-state index in [1.807, 2.05) is 13.8 Å². The summed E-state index contributed by atoms with van der Waals surface area (Å²) in [6.45, 7) is 4.02. The molecule has 1 rings (SSSR count). The molecule has 1 aliphatic rings. The van der Waals surface area contributed by atoms with E-state index in [9.17, 15) is 0 Å². The van der Waals surface area contributed by atoms with Crippen molar-refractivity contribution in [3.63, 3.8) is 0 Å². The number of hydrogen-bond acceptors (Lipinski definition) is 3. The van der Waals surface area contributed by atoms with E-state index in [1.54, 1.807) is 6.34 Å². The fourth-order valence-corrected chi connectivity index (χ4v) is 0.667. The van der Waals surface area contributed by atoms with Crippen LogP contribution in [0.4, 0.5) is 0 Å². The lowest BCUT2D eigenvalue weighted by Gasteiger charge is -2.16. The fourth-order valence-electron chi connectivity index (χ4n) is 0.667. The minimum atomic E-state index is 0.336. The molecule has 0 radical (unpaired) electrons. The molecule has 0 bridgehead atoms. The molecular weight excluding hydrogens is 114 g/mol. The molecule has 0 saturated carbocycles. The molecule has 0 amide bonds. The van der Waals surface area contributed by atoms with Crippen LogP contribution in [-0.4, -0.2) is 12.4 Å². The normalized spacial score (nSPS) is 26.2. The van der Waals surface area contributed by atoms with Gasteiger partial charge in [-0.2, -0.15) is 0 Å². The summed E-state index contributed by atoms with van der Waals surface area (Å²) in [5.74, 6) is 0.640. The Bertz CT molecular complexity index is 169. The van der Waals surface area contributed by atoms with Crippen LogP contribution in [0.15, 0.2) is 16.4 Å². The van der Waals surface area contributed by atoms with Gasteiger partial charge in [0.15, 0.2) is 0 Å². The summed E-state index contributed by atoms with van der Waals surface area (Å²) in [6, 6.07) is 0.336. The molecule has 50 valence electrons. The minimum absolute atomic E-state index is 0.336. The monoisotopic (exact) mass is 125 g/mol. The van der Waals surface area contributed by atoms with Gasteiger partial charge in [0.2, 0.25) is 0 Å². The van der Waals surface area contributed by atoms with E-state index in [0.717, 1.165) is 5.57 Å². The number of hydrogen-bond donors (Lipinski definition) is 2. The van der Waals surface area contributed by atoms with Crippen LogP contribution in [0.2, 0.25) is 0 Å². The van der Waals surface area contributed by atoms with Crippen LogP contribution in [0.5, 0.6) is 0 Å². The summed E-state index contributed by atoms with van der Waals surface area (Å²) in [6.07, 6.45) is 1.63. The first-order valence-electron chi connectivity index (χ1n) is 2.96. The largest absolute Gasteiger partial charge is 0.384 e. The molecule has 0 aliphatic carbocycles. The summed E-state index contributed by atoms with van der Waals surface area (Å²) in [5.41, 5.74) is 6.62. The Morgan fingerprint density at radius 2 is 2.44 bits per heavy atom. The first-order valence-corrected chi connectivity index (χ1v) is 2.96. The van der Waals surface area contributed by atoms with Crippen LogP contribution in [-0.2, 0) is 0 Å². The Morgan fingerprint density at radius 3 is 2.89 bits per heavy atom. The van der Waals surface area contributed by atoms with E-state index in [2.05, 4.69) is 10.3 Å².